The Bertz CT molecular complexity index is 431. The molecule has 0 saturated carbocycles. The van der Waals surface area contributed by atoms with Crippen LogP contribution in [0.2, 0.25) is 0 Å². The maximum atomic E-state index is 12.5. The summed E-state index contributed by atoms with van der Waals surface area (Å²) < 4.78 is 37.7. The predicted octanol–water partition coefficient (Wildman–Crippen LogP) is 4.65. The first-order chi connectivity index (χ1) is 7.29. The number of rotatable bonds is 2. The van der Waals surface area contributed by atoms with E-state index in [1.54, 1.807) is 22.6 Å². The largest absolute Gasteiger partial charge is 0.417 e. The van der Waals surface area contributed by atoms with Crippen molar-refractivity contribution in [2.75, 3.05) is 5.33 Å². The van der Waals surface area contributed by atoms with Crippen LogP contribution in [0.1, 0.15) is 15.9 Å². The number of carbonyl (C=O) groups is 1. The molecule has 1 aromatic rings. The lowest BCUT2D eigenvalue weighted by molar-refractivity contribution is -0.138. The molecule has 0 amide bonds. The van der Waals surface area contributed by atoms with Gasteiger partial charge in [0.15, 0.2) is 5.78 Å². The molecule has 0 atom stereocenters. The Morgan fingerprint density at radius 1 is 1.38 bits per heavy atom. The van der Waals surface area contributed by atoms with E-state index in [4.69, 9.17) is 0 Å². The second kappa shape index (κ2) is 5.34. The Morgan fingerprint density at radius 2 is 1.94 bits per heavy atom. The molecule has 0 aromatic heterocycles. The summed E-state index contributed by atoms with van der Waals surface area (Å²) in [6.07, 6.45) is -4.42. The fourth-order valence-corrected chi connectivity index (χ4v) is 2.70. The molecule has 0 aliphatic carbocycles. The van der Waals surface area contributed by atoms with Gasteiger partial charge >= 0.3 is 6.18 Å². The van der Waals surface area contributed by atoms with Crippen molar-refractivity contribution in [3.8, 4) is 0 Å². The Morgan fingerprint density at radius 3 is 2.38 bits per heavy atom. The van der Waals surface area contributed by atoms with Crippen molar-refractivity contribution in [1.82, 2.24) is 0 Å². The Kier molecular flexibility index (Phi) is 4.82. The highest BCUT2D eigenvalue weighted by Crippen LogP contribution is 2.38. The van der Waals surface area contributed by atoms with Crippen molar-refractivity contribution < 1.29 is 18.0 Å². The summed E-state index contributed by atoms with van der Waals surface area (Å²) in [6, 6.07) is 2.10. The average molecular weight is 472 g/mol. The van der Waals surface area contributed by atoms with E-state index < -0.39 is 11.7 Å². The molecule has 0 spiro atoms. The fraction of sp³-hybridized carbons (Fsp3) is 0.222. The van der Waals surface area contributed by atoms with Crippen molar-refractivity contribution in [3.05, 3.63) is 31.3 Å². The third-order valence-corrected chi connectivity index (χ3v) is 5.00. The molecule has 1 aromatic carbocycles. The van der Waals surface area contributed by atoms with Crippen molar-refractivity contribution in [3.63, 3.8) is 0 Å². The predicted molar refractivity (Wildman–Crippen MR) is 70.0 cm³/mol. The summed E-state index contributed by atoms with van der Waals surface area (Å²) in [7, 11) is 0. The molecular formula is C9H4Br2F3IO. The molecule has 16 heavy (non-hydrogen) atoms. The number of carbonyl (C=O) groups excluding carboxylic acids is 1. The number of hydrogen-bond acceptors (Lipinski definition) is 1. The highest BCUT2D eigenvalue weighted by atomic mass is 127. The first-order valence-electron chi connectivity index (χ1n) is 3.93. The lowest BCUT2D eigenvalue weighted by Crippen LogP contribution is -2.10. The van der Waals surface area contributed by atoms with Crippen LogP contribution >= 0.6 is 54.5 Å². The first kappa shape index (κ1) is 14.4. The lowest BCUT2D eigenvalue weighted by Gasteiger charge is -2.12. The zero-order valence-corrected chi connectivity index (χ0v) is 12.9. The Labute approximate surface area is 120 Å². The van der Waals surface area contributed by atoms with Gasteiger partial charge in [-0.1, -0.05) is 15.9 Å². The molecule has 1 nitrogen and oxygen atoms in total. The molecular weight excluding hydrogens is 468 g/mol. The third-order valence-electron chi connectivity index (χ3n) is 1.81. The van der Waals surface area contributed by atoms with Gasteiger partial charge in [-0.25, -0.2) is 0 Å². The molecule has 7 heteroatoms. The zero-order valence-electron chi connectivity index (χ0n) is 7.54. The summed E-state index contributed by atoms with van der Waals surface area (Å²) >= 11 is 7.57. The number of benzene rings is 1. The highest BCUT2D eigenvalue weighted by molar-refractivity contribution is 14.1. The summed E-state index contributed by atoms with van der Waals surface area (Å²) in [5.74, 6) is -0.251. The quantitative estimate of drug-likeness (QED) is 0.349. The van der Waals surface area contributed by atoms with Crippen LogP contribution in [-0.4, -0.2) is 11.1 Å². The van der Waals surface area contributed by atoms with Gasteiger partial charge in [-0.2, -0.15) is 13.2 Å². The molecule has 88 valence electrons. The molecule has 0 saturated heterocycles. The average Bonchev–Trinajstić information content (AvgIpc) is 2.19. The van der Waals surface area contributed by atoms with Gasteiger partial charge in [-0.05, 0) is 50.7 Å². The fourth-order valence-electron chi connectivity index (χ4n) is 1.06. The Hall–Kier alpha value is 0.370. The number of Topliss-reactive ketones (excluding diaryl/α,β-unsaturated/α-hetero) is 1. The smallest absolute Gasteiger partial charge is 0.293 e. The van der Waals surface area contributed by atoms with Gasteiger partial charge < -0.3 is 0 Å². The van der Waals surface area contributed by atoms with Crippen LogP contribution in [0.5, 0.6) is 0 Å². The van der Waals surface area contributed by atoms with Crippen LogP contribution < -0.4 is 0 Å². The van der Waals surface area contributed by atoms with Crippen LogP contribution in [0.3, 0.4) is 0 Å². The molecule has 0 bridgehead atoms. The van der Waals surface area contributed by atoms with Gasteiger partial charge in [-0.15, -0.1) is 0 Å². The zero-order chi connectivity index (χ0) is 12.5. The van der Waals surface area contributed by atoms with Crippen LogP contribution in [0.4, 0.5) is 13.2 Å². The van der Waals surface area contributed by atoms with E-state index in [0.29, 0.717) is 0 Å². The van der Waals surface area contributed by atoms with Crippen LogP contribution in [0, 0.1) is 3.57 Å². The van der Waals surface area contributed by atoms with Crippen LogP contribution in [0.15, 0.2) is 16.6 Å². The number of ketones is 1. The molecule has 0 N–H and O–H groups in total. The summed E-state index contributed by atoms with van der Waals surface area (Å²) in [6.45, 7) is 0. The molecule has 0 unspecified atom stereocenters. The Balaban J connectivity index is 3.35. The monoisotopic (exact) mass is 470 g/mol. The van der Waals surface area contributed by atoms with Gasteiger partial charge in [-0.3, -0.25) is 4.79 Å². The first-order valence-corrected chi connectivity index (χ1v) is 6.92. The summed E-state index contributed by atoms with van der Waals surface area (Å²) in [5, 5.41) is 0.0841. The van der Waals surface area contributed by atoms with Gasteiger partial charge in [0.25, 0.3) is 0 Å². The SMILES string of the molecule is O=C(CBr)c1ccc(C(F)(F)F)c(Br)c1I. The molecule has 0 aliphatic heterocycles. The van der Waals surface area contributed by atoms with Crippen molar-refractivity contribution >= 4 is 60.2 Å². The van der Waals surface area contributed by atoms with E-state index in [2.05, 4.69) is 31.9 Å². The van der Waals surface area contributed by atoms with E-state index in [-0.39, 0.29) is 24.7 Å². The standard InChI is InChI=1S/C9H4Br2F3IO/c10-3-6(16)4-1-2-5(9(12,13)14)7(11)8(4)15/h1-2H,3H2. The molecule has 0 heterocycles. The maximum Gasteiger partial charge on any atom is 0.417 e. The minimum Gasteiger partial charge on any atom is -0.293 e. The second-order valence-electron chi connectivity index (χ2n) is 2.84. The maximum absolute atomic E-state index is 12.5. The summed E-state index contributed by atoms with van der Waals surface area (Å²) in [5.41, 5.74) is -0.500. The van der Waals surface area contributed by atoms with Crippen molar-refractivity contribution in [2.24, 2.45) is 0 Å². The van der Waals surface area contributed by atoms with E-state index in [0.717, 1.165) is 6.07 Å². The number of halogens is 6. The molecule has 0 fully saturated rings. The molecule has 0 aliphatic rings. The van der Waals surface area contributed by atoms with Crippen molar-refractivity contribution in [2.45, 2.75) is 6.18 Å². The van der Waals surface area contributed by atoms with Crippen LogP contribution in [-0.2, 0) is 6.18 Å². The number of hydrogen-bond donors (Lipinski definition) is 0. The van der Waals surface area contributed by atoms with Gasteiger partial charge in [0.2, 0.25) is 0 Å². The second-order valence-corrected chi connectivity index (χ2v) is 5.28. The van der Waals surface area contributed by atoms with Crippen LogP contribution in [0.25, 0.3) is 0 Å². The van der Waals surface area contributed by atoms with E-state index in [9.17, 15) is 18.0 Å². The topological polar surface area (TPSA) is 17.1 Å². The van der Waals surface area contributed by atoms with Crippen molar-refractivity contribution in [1.29, 1.82) is 0 Å². The van der Waals surface area contributed by atoms with Gasteiger partial charge in [0.05, 0.1) is 10.9 Å². The lowest BCUT2D eigenvalue weighted by atomic mass is 10.1. The third kappa shape index (κ3) is 2.98. The van der Waals surface area contributed by atoms with E-state index >= 15 is 0 Å². The minimum atomic E-state index is -4.42. The highest BCUT2D eigenvalue weighted by Gasteiger charge is 2.34. The molecule has 1 rings (SSSR count). The molecule has 0 radical (unpaired) electrons. The van der Waals surface area contributed by atoms with Gasteiger partial charge in [0, 0.05) is 13.6 Å². The minimum absolute atomic E-state index is 0.0841. The van der Waals surface area contributed by atoms with E-state index in [1.807, 2.05) is 0 Å². The summed E-state index contributed by atoms with van der Waals surface area (Å²) in [4.78, 5) is 11.4. The number of alkyl halides is 4. The van der Waals surface area contributed by atoms with Gasteiger partial charge in [0.1, 0.15) is 0 Å². The normalized spacial score (nSPS) is 11.6. The van der Waals surface area contributed by atoms with E-state index in [1.165, 1.54) is 6.07 Å².